The van der Waals surface area contributed by atoms with E-state index < -0.39 is 46.0 Å². The van der Waals surface area contributed by atoms with Gasteiger partial charge in [0.05, 0.1) is 39.6 Å². The van der Waals surface area contributed by atoms with Crippen molar-refractivity contribution >= 4 is 33.5 Å². The first-order valence-electron chi connectivity index (χ1n) is 9.84. The van der Waals surface area contributed by atoms with Crippen LogP contribution >= 0.6 is 0 Å². The molecule has 9 nitrogen and oxygen atoms in total. The van der Waals surface area contributed by atoms with Crippen LogP contribution in [0.1, 0.15) is 16.1 Å². The topological polar surface area (TPSA) is 131 Å². The van der Waals surface area contributed by atoms with Gasteiger partial charge in [0, 0.05) is 29.5 Å². The standard InChI is InChI=1S/C23H13F2N3O6/c24-15-4-3-12(28(32)33)8-11(15)10-27-17-9-16(25)13-5-7-34-21(13)19(17)18(20(27)23(30)31)14-2-1-6-26-22(14)29/h1-9H,10H2,(H,26,29)(H,30,31). The van der Waals surface area contributed by atoms with Crippen LogP contribution in [-0.4, -0.2) is 25.6 Å². The van der Waals surface area contributed by atoms with Crippen molar-refractivity contribution in [3.05, 3.63) is 98.3 Å². The highest BCUT2D eigenvalue weighted by atomic mass is 19.1. The first kappa shape index (κ1) is 21.1. The average molecular weight is 465 g/mol. The van der Waals surface area contributed by atoms with Crippen LogP contribution in [0.25, 0.3) is 33.0 Å². The van der Waals surface area contributed by atoms with Crippen LogP contribution in [0.15, 0.2) is 64.1 Å². The molecule has 5 aromatic rings. The van der Waals surface area contributed by atoms with Crippen molar-refractivity contribution in [2.45, 2.75) is 6.54 Å². The maximum absolute atomic E-state index is 14.9. The van der Waals surface area contributed by atoms with E-state index in [-0.39, 0.29) is 38.6 Å². The van der Waals surface area contributed by atoms with Crippen molar-refractivity contribution < 1.29 is 28.0 Å². The highest BCUT2D eigenvalue weighted by Gasteiger charge is 2.29. The second-order valence-corrected chi connectivity index (χ2v) is 7.48. The minimum Gasteiger partial charge on any atom is -0.477 e. The molecule has 3 aromatic heterocycles. The number of non-ortho nitro benzene ring substituents is 1. The number of nitrogens with one attached hydrogen (secondary N) is 1. The first-order chi connectivity index (χ1) is 16.3. The van der Waals surface area contributed by atoms with Gasteiger partial charge in [0.2, 0.25) is 0 Å². The third-order valence-electron chi connectivity index (χ3n) is 5.58. The van der Waals surface area contributed by atoms with E-state index in [9.17, 15) is 33.6 Å². The predicted octanol–water partition coefficient (Wildman–Crippen LogP) is 4.68. The van der Waals surface area contributed by atoms with E-state index >= 15 is 0 Å². The summed E-state index contributed by atoms with van der Waals surface area (Å²) in [7, 11) is 0. The smallest absolute Gasteiger partial charge is 0.353 e. The number of carboxylic acid groups (broad SMARTS) is 1. The van der Waals surface area contributed by atoms with Gasteiger partial charge in [-0.05, 0) is 30.3 Å². The summed E-state index contributed by atoms with van der Waals surface area (Å²) >= 11 is 0. The average Bonchev–Trinajstić information content (AvgIpc) is 3.39. The van der Waals surface area contributed by atoms with Crippen molar-refractivity contribution in [3.63, 3.8) is 0 Å². The van der Waals surface area contributed by atoms with Gasteiger partial charge in [-0.3, -0.25) is 14.9 Å². The number of benzene rings is 2. The highest BCUT2D eigenvalue weighted by Crippen LogP contribution is 2.40. The molecule has 0 unspecified atom stereocenters. The van der Waals surface area contributed by atoms with Crippen LogP contribution in [0.4, 0.5) is 14.5 Å². The molecule has 0 fully saturated rings. The van der Waals surface area contributed by atoms with E-state index in [1.165, 1.54) is 30.7 Å². The molecule has 11 heteroatoms. The summed E-state index contributed by atoms with van der Waals surface area (Å²) in [4.78, 5) is 38.0. The van der Waals surface area contributed by atoms with Gasteiger partial charge in [0.15, 0.2) is 0 Å². The summed E-state index contributed by atoms with van der Waals surface area (Å²) in [6.07, 6.45) is 2.59. The number of H-pyrrole nitrogens is 1. The molecular weight excluding hydrogens is 452 g/mol. The number of furan rings is 1. The summed E-state index contributed by atoms with van der Waals surface area (Å²) in [5.41, 5.74) is -1.67. The number of pyridine rings is 1. The SMILES string of the molecule is O=C(O)c1c(-c2ccc[nH]c2=O)c2c3occc3c(F)cc2n1Cc1cc([N+](=O)[O-])ccc1F. The number of carboxylic acids is 1. The molecule has 2 N–H and O–H groups in total. The molecule has 0 amide bonds. The van der Waals surface area contributed by atoms with Gasteiger partial charge in [-0.15, -0.1) is 0 Å². The quantitative estimate of drug-likeness (QED) is 0.286. The van der Waals surface area contributed by atoms with Crippen molar-refractivity contribution in [2.75, 3.05) is 0 Å². The van der Waals surface area contributed by atoms with E-state index in [1.807, 2.05) is 0 Å². The molecule has 0 atom stereocenters. The largest absolute Gasteiger partial charge is 0.477 e. The van der Waals surface area contributed by atoms with E-state index in [0.717, 1.165) is 28.8 Å². The van der Waals surface area contributed by atoms with Crippen molar-refractivity contribution in [3.8, 4) is 11.1 Å². The number of nitro benzene ring substituents is 1. The molecule has 0 aliphatic carbocycles. The van der Waals surface area contributed by atoms with Gasteiger partial charge in [-0.25, -0.2) is 13.6 Å². The molecule has 0 aliphatic heterocycles. The van der Waals surface area contributed by atoms with E-state index in [4.69, 9.17) is 4.42 Å². The molecule has 0 radical (unpaired) electrons. The molecule has 34 heavy (non-hydrogen) atoms. The Labute approximate surface area is 187 Å². The minimum absolute atomic E-state index is 0.00835. The van der Waals surface area contributed by atoms with Crippen LogP contribution in [-0.2, 0) is 6.54 Å². The second kappa shape index (κ2) is 7.66. The summed E-state index contributed by atoms with van der Waals surface area (Å²) in [5, 5.41) is 21.5. The normalized spacial score (nSPS) is 11.4. The summed E-state index contributed by atoms with van der Waals surface area (Å²) in [6.45, 7) is -0.484. The number of rotatable bonds is 5. The van der Waals surface area contributed by atoms with E-state index in [1.54, 1.807) is 0 Å². The number of aromatic carboxylic acids is 1. The molecular formula is C23H13F2N3O6. The number of aromatic amines is 1. The Morgan fingerprint density at radius 3 is 2.68 bits per heavy atom. The number of halogens is 2. The van der Waals surface area contributed by atoms with Crippen molar-refractivity contribution in [1.82, 2.24) is 9.55 Å². The number of hydrogen-bond acceptors (Lipinski definition) is 5. The van der Waals surface area contributed by atoms with Crippen molar-refractivity contribution in [2.24, 2.45) is 0 Å². The lowest BCUT2D eigenvalue weighted by atomic mass is 10.0. The van der Waals surface area contributed by atoms with E-state index in [2.05, 4.69) is 4.98 Å². The van der Waals surface area contributed by atoms with Gasteiger partial charge in [-0.1, -0.05) is 0 Å². The van der Waals surface area contributed by atoms with Crippen LogP contribution in [0.2, 0.25) is 0 Å². The molecule has 170 valence electrons. The lowest BCUT2D eigenvalue weighted by molar-refractivity contribution is -0.385. The lowest BCUT2D eigenvalue weighted by Gasteiger charge is -2.10. The Morgan fingerprint density at radius 2 is 1.97 bits per heavy atom. The Morgan fingerprint density at radius 1 is 1.18 bits per heavy atom. The number of nitro groups is 1. The zero-order valence-corrected chi connectivity index (χ0v) is 17.0. The Hall–Kier alpha value is -4.80. The van der Waals surface area contributed by atoms with Gasteiger partial charge >= 0.3 is 5.97 Å². The van der Waals surface area contributed by atoms with Crippen LogP contribution in [0.5, 0.6) is 0 Å². The van der Waals surface area contributed by atoms with Gasteiger partial charge < -0.3 is 19.1 Å². The Bertz CT molecular complexity index is 1700. The fraction of sp³-hybridized carbons (Fsp3) is 0.0435. The summed E-state index contributed by atoms with van der Waals surface area (Å²) in [6, 6.07) is 8.17. The molecule has 5 rings (SSSR count). The molecule has 0 aliphatic rings. The maximum Gasteiger partial charge on any atom is 0.353 e. The van der Waals surface area contributed by atoms with Gasteiger partial charge in [0.1, 0.15) is 22.9 Å². The van der Waals surface area contributed by atoms with Crippen LogP contribution in [0, 0.1) is 21.7 Å². The van der Waals surface area contributed by atoms with Crippen molar-refractivity contribution in [1.29, 1.82) is 0 Å². The fourth-order valence-corrected chi connectivity index (χ4v) is 4.14. The highest BCUT2D eigenvalue weighted by molar-refractivity contribution is 6.17. The third-order valence-corrected chi connectivity index (χ3v) is 5.58. The predicted molar refractivity (Wildman–Crippen MR) is 117 cm³/mol. The zero-order valence-electron chi connectivity index (χ0n) is 17.0. The van der Waals surface area contributed by atoms with Gasteiger partial charge in [0.25, 0.3) is 11.2 Å². The van der Waals surface area contributed by atoms with Gasteiger partial charge in [-0.2, -0.15) is 0 Å². The number of carbonyl (C=O) groups is 1. The summed E-state index contributed by atoms with van der Waals surface area (Å²) in [5.74, 6) is -3.01. The Balaban J connectivity index is 1.92. The zero-order chi connectivity index (χ0) is 24.1. The minimum atomic E-state index is -1.47. The summed E-state index contributed by atoms with van der Waals surface area (Å²) < 4.78 is 36.1. The monoisotopic (exact) mass is 465 g/mol. The molecule has 0 spiro atoms. The third kappa shape index (κ3) is 3.13. The maximum atomic E-state index is 14.9. The Kier molecular flexibility index (Phi) is 4.74. The van der Waals surface area contributed by atoms with E-state index in [0.29, 0.717) is 0 Å². The molecule has 0 bridgehead atoms. The molecule has 3 heterocycles. The number of nitrogens with zero attached hydrogens (tertiary/aromatic N) is 2. The number of fused-ring (bicyclic) bond motifs is 3. The van der Waals surface area contributed by atoms with Crippen LogP contribution in [0.3, 0.4) is 0 Å². The first-order valence-corrected chi connectivity index (χ1v) is 9.84. The lowest BCUT2D eigenvalue weighted by Crippen LogP contribution is -2.14. The second-order valence-electron chi connectivity index (χ2n) is 7.48. The fourth-order valence-electron chi connectivity index (χ4n) is 4.14. The molecule has 0 saturated carbocycles. The van der Waals surface area contributed by atoms with Crippen LogP contribution < -0.4 is 5.56 Å². The number of hydrogen-bond donors (Lipinski definition) is 2. The molecule has 2 aromatic carbocycles. The molecule has 0 saturated heterocycles. The number of aromatic nitrogens is 2.